The van der Waals surface area contributed by atoms with Crippen LogP contribution in [0.3, 0.4) is 0 Å². The molecule has 0 aromatic carbocycles. The Morgan fingerprint density at radius 3 is 2.82 bits per heavy atom. The first-order valence-electron chi connectivity index (χ1n) is 6.72. The highest BCUT2D eigenvalue weighted by Crippen LogP contribution is 2.29. The molecule has 3 heteroatoms. The van der Waals surface area contributed by atoms with Crippen molar-refractivity contribution in [3.8, 4) is 0 Å². The summed E-state index contributed by atoms with van der Waals surface area (Å²) in [6.45, 7) is 4.16. The Kier molecular flexibility index (Phi) is 4.51. The predicted octanol–water partition coefficient (Wildman–Crippen LogP) is 2.35. The molecule has 17 heavy (non-hydrogen) atoms. The number of nitrogens with zero attached hydrogens (tertiary/aromatic N) is 2. The molecule has 94 valence electrons. The van der Waals surface area contributed by atoms with Gasteiger partial charge >= 0.3 is 0 Å². The maximum atomic E-state index is 5.99. The maximum Gasteiger partial charge on any atom is 0.0474 e. The van der Waals surface area contributed by atoms with Crippen LogP contribution in [0.1, 0.15) is 44.2 Å². The summed E-state index contributed by atoms with van der Waals surface area (Å²) in [4.78, 5) is 6.68. The van der Waals surface area contributed by atoms with Gasteiger partial charge in [-0.25, -0.2) is 0 Å². The highest BCUT2D eigenvalue weighted by molar-refractivity contribution is 5.16. The summed E-state index contributed by atoms with van der Waals surface area (Å²) >= 11 is 0. The van der Waals surface area contributed by atoms with E-state index >= 15 is 0 Å². The second-order valence-corrected chi connectivity index (χ2v) is 4.83. The maximum absolute atomic E-state index is 5.99. The van der Waals surface area contributed by atoms with Crippen LogP contribution in [0.2, 0.25) is 0 Å². The van der Waals surface area contributed by atoms with E-state index in [9.17, 15) is 0 Å². The van der Waals surface area contributed by atoms with Crippen LogP contribution in [0.5, 0.6) is 0 Å². The summed E-state index contributed by atoms with van der Waals surface area (Å²) in [5.74, 6) is 0. The van der Waals surface area contributed by atoms with E-state index in [1.54, 1.807) is 0 Å². The lowest BCUT2D eigenvalue weighted by molar-refractivity contribution is 0.0949. The SMILES string of the molecule is CCC1CCCCN1C(CN)c1ccncc1. The lowest BCUT2D eigenvalue weighted by Crippen LogP contribution is -2.44. The molecule has 1 aliphatic heterocycles. The zero-order valence-corrected chi connectivity index (χ0v) is 10.7. The second kappa shape index (κ2) is 6.12. The first kappa shape index (κ1) is 12.5. The van der Waals surface area contributed by atoms with Crippen molar-refractivity contribution in [1.29, 1.82) is 0 Å². The molecule has 3 nitrogen and oxygen atoms in total. The normalized spacial score (nSPS) is 23.5. The molecule has 1 aromatic heterocycles. The van der Waals surface area contributed by atoms with Crippen LogP contribution in [0.15, 0.2) is 24.5 Å². The Balaban J connectivity index is 2.16. The number of rotatable bonds is 4. The molecule has 1 aliphatic rings. The van der Waals surface area contributed by atoms with E-state index in [1.807, 2.05) is 12.4 Å². The topological polar surface area (TPSA) is 42.1 Å². The fourth-order valence-electron chi connectivity index (χ4n) is 2.92. The molecule has 0 saturated carbocycles. The third-order valence-electron chi connectivity index (χ3n) is 3.86. The van der Waals surface area contributed by atoms with Crippen LogP contribution in [0, 0.1) is 0 Å². The molecular formula is C14H23N3. The standard InChI is InChI=1S/C14H23N3/c1-2-13-5-3-4-10-17(13)14(11-15)12-6-8-16-9-7-12/h6-9,13-14H,2-5,10-11,15H2,1H3. The van der Waals surface area contributed by atoms with Gasteiger partial charge in [0.05, 0.1) is 0 Å². The Morgan fingerprint density at radius 1 is 1.41 bits per heavy atom. The van der Waals surface area contributed by atoms with E-state index in [0.29, 0.717) is 18.6 Å². The molecule has 0 bridgehead atoms. The van der Waals surface area contributed by atoms with E-state index in [1.165, 1.54) is 37.8 Å². The molecule has 2 rings (SSSR count). The highest BCUT2D eigenvalue weighted by atomic mass is 15.2. The van der Waals surface area contributed by atoms with Gasteiger partial charge in [0, 0.05) is 31.0 Å². The first-order valence-corrected chi connectivity index (χ1v) is 6.72. The molecule has 2 N–H and O–H groups in total. The summed E-state index contributed by atoms with van der Waals surface area (Å²) in [6, 6.07) is 5.26. The van der Waals surface area contributed by atoms with Crippen LogP contribution < -0.4 is 5.73 Å². The third-order valence-corrected chi connectivity index (χ3v) is 3.86. The first-order chi connectivity index (χ1) is 8.36. The zero-order valence-electron chi connectivity index (χ0n) is 10.7. The minimum Gasteiger partial charge on any atom is -0.329 e. The molecule has 1 aromatic rings. The van der Waals surface area contributed by atoms with Gasteiger partial charge in [0.2, 0.25) is 0 Å². The van der Waals surface area contributed by atoms with Crippen LogP contribution in [-0.4, -0.2) is 29.0 Å². The number of likely N-dealkylation sites (tertiary alicyclic amines) is 1. The third kappa shape index (κ3) is 2.85. The number of nitrogens with two attached hydrogens (primary N) is 1. The van der Waals surface area contributed by atoms with Gasteiger partial charge in [-0.2, -0.15) is 0 Å². The van der Waals surface area contributed by atoms with Crippen molar-refractivity contribution in [3.05, 3.63) is 30.1 Å². The van der Waals surface area contributed by atoms with Crippen molar-refractivity contribution in [2.75, 3.05) is 13.1 Å². The molecule has 0 amide bonds. The smallest absolute Gasteiger partial charge is 0.0474 e. The Hall–Kier alpha value is -0.930. The molecule has 1 saturated heterocycles. The van der Waals surface area contributed by atoms with E-state index < -0.39 is 0 Å². The number of hydrogen-bond acceptors (Lipinski definition) is 3. The van der Waals surface area contributed by atoms with Crippen molar-refractivity contribution < 1.29 is 0 Å². The fourth-order valence-corrected chi connectivity index (χ4v) is 2.92. The Labute approximate surface area is 104 Å². The average molecular weight is 233 g/mol. The van der Waals surface area contributed by atoms with Crippen LogP contribution >= 0.6 is 0 Å². The van der Waals surface area contributed by atoms with Crippen LogP contribution in [0.4, 0.5) is 0 Å². The van der Waals surface area contributed by atoms with Gasteiger partial charge in [-0.1, -0.05) is 13.3 Å². The van der Waals surface area contributed by atoms with E-state index in [-0.39, 0.29) is 0 Å². The van der Waals surface area contributed by atoms with E-state index in [2.05, 4.69) is 28.9 Å². The largest absolute Gasteiger partial charge is 0.329 e. The number of pyridine rings is 1. The molecule has 1 fully saturated rings. The Bertz CT molecular complexity index is 325. The fraction of sp³-hybridized carbons (Fsp3) is 0.643. The van der Waals surface area contributed by atoms with Gasteiger partial charge in [-0.05, 0) is 43.5 Å². The summed E-state index contributed by atoms with van der Waals surface area (Å²) in [7, 11) is 0. The lowest BCUT2D eigenvalue weighted by atomic mass is 9.95. The van der Waals surface area contributed by atoms with Gasteiger partial charge in [-0.3, -0.25) is 9.88 Å². The highest BCUT2D eigenvalue weighted by Gasteiger charge is 2.27. The van der Waals surface area contributed by atoms with Gasteiger partial charge < -0.3 is 5.73 Å². The molecule has 0 spiro atoms. The average Bonchev–Trinajstić information content (AvgIpc) is 2.41. The molecule has 2 heterocycles. The predicted molar refractivity (Wildman–Crippen MR) is 70.7 cm³/mol. The monoisotopic (exact) mass is 233 g/mol. The Morgan fingerprint density at radius 2 is 2.18 bits per heavy atom. The van der Waals surface area contributed by atoms with Crippen LogP contribution in [-0.2, 0) is 0 Å². The summed E-state index contributed by atoms with van der Waals surface area (Å²) in [5, 5.41) is 0. The molecule has 2 atom stereocenters. The number of hydrogen-bond donors (Lipinski definition) is 1. The molecule has 2 unspecified atom stereocenters. The summed E-state index contributed by atoms with van der Waals surface area (Å²) < 4.78 is 0. The van der Waals surface area contributed by atoms with E-state index in [0.717, 1.165) is 0 Å². The van der Waals surface area contributed by atoms with Crippen LogP contribution in [0.25, 0.3) is 0 Å². The van der Waals surface area contributed by atoms with Crippen molar-refractivity contribution in [1.82, 2.24) is 9.88 Å². The number of aromatic nitrogens is 1. The van der Waals surface area contributed by atoms with Gasteiger partial charge in [0.15, 0.2) is 0 Å². The van der Waals surface area contributed by atoms with Gasteiger partial charge in [0.25, 0.3) is 0 Å². The summed E-state index contributed by atoms with van der Waals surface area (Å²) in [5.41, 5.74) is 7.30. The lowest BCUT2D eigenvalue weighted by Gasteiger charge is -2.40. The van der Waals surface area contributed by atoms with Crippen molar-refractivity contribution in [2.45, 2.75) is 44.7 Å². The summed E-state index contributed by atoms with van der Waals surface area (Å²) in [6.07, 6.45) is 8.94. The quantitative estimate of drug-likeness (QED) is 0.868. The van der Waals surface area contributed by atoms with Crippen molar-refractivity contribution >= 4 is 0 Å². The zero-order chi connectivity index (χ0) is 12.1. The molecule has 0 radical (unpaired) electrons. The minimum atomic E-state index is 0.364. The molecule has 0 aliphatic carbocycles. The van der Waals surface area contributed by atoms with Crippen molar-refractivity contribution in [2.24, 2.45) is 5.73 Å². The molecular weight excluding hydrogens is 210 g/mol. The number of piperidine rings is 1. The van der Waals surface area contributed by atoms with Gasteiger partial charge in [0.1, 0.15) is 0 Å². The van der Waals surface area contributed by atoms with E-state index in [4.69, 9.17) is 5.73 Å². The van der Waals surface area contributed by atoms with Crippen molar-refractivity contribution in [3.63, 3.8) is 0 Å². The minimum absolute atomic E-state index is 0.364. The van der Waals surface area contributed by atoms with Gasteiger partial charge in [-0.15, -0.1) is 0 Å². The second-order valence-electron chi connectivity index (χ2n) is 4.83.